The lowest BCUT2D eigenvalue weighted by Crippen LogP contribution is -2.22. The number of carbonyl (C=O) groups excluding carboxylic acids is 2. The van der Waals surface area contributed by atoms with Gasteiger partial charge < -0.3 is 15.5 Å². The molecule has 5 heteroatoms. The summed E-state index contributed by atoms with van der Waals surface area (Å²) in [5.74, 6) is -0.661. The molecule has 2 amide bonds. The molecule has 0 spiro atoms. The highest BCUT2D eigenvalue weighted by Gasteiger charge is 2.12. The Morgan fingerprint density at radius 2 is 1.42 bits per heavy atom. The number of benzene rings is 2. The summed E-state index contributed by atoms with van der Waals surface area (Å²) in [6, 6.07) is 13.2. The van der Waals surface area contributed by atoms with Crippen LogP contribution in [0.4, 0.5) is 17.1 Å². The Kier molecular flexibility index (Phi) is 5.58. The van der Waals surface area contributed by atoms with Crippen LogP contribution in [0.2, 0.25) is 0 Å². The summed E-state index contributed by atoms with van der Waals surface area (Å²) >= 11 is 0. The first-order chi connectivity index (χ1) is 11.4. The lowest BCUT2D eigenvalue weighted by molar-refractivity contribution is -0.123. The van der Waals surface area contributed by atoms with Gasteiger partial charge >= 0.3 is 0 Å². The van der Waals surface area contributed by atoms with E-state index in [1.807, 2.05) is 75.3 Å². The molecule has 24 heavy (non-hydrogen) atoms. The number of hydrogen-bond donors (Lipinski definition) is 2. The van der Waals surface area contributed by atoms with Gasteiger partial charge in [0, 0.05) is 31.2 Å². The van der Waals surface area contributed by atoms with E-state index in [2.05, 4.69) is 10.6 Å². The molecule has 0 bridgehead atoms. The number of carbonyl (C=O) groups is 2. The molecule has 0 heterocycles. The van der Waals surface area contributed by atoms with Crippen molar-refractivity contribution in [2.24, 2.45) is 0 Å². The Balaban J connectivity index is 1.93. The minimum absolute atomic E-state index is 0.219. The molecule has 5 nitrogen and oxygen atoms in total. The van der Waals surface area contributed by atoms with Crippen molar-refractivity contribution in [3.05, 3.63) is 53.6 Å². The molecular formula is C19H23N3O2. The van der Waals surface area contributed by atoms with Crippen LogP contribution in [0, 0.1) is 13.8 Å². The van der Waals surface area contributed by atoms with Crippen LogP contribution in [0.3, 0.4) is 0 Å². The Hall–Kier alpha value is -2.82. The first kappa shape index (κ1) is 17.5. The molecule has 0 fully saturated rings. The zero-order valence-electron chi connectivity index (χ0n) is 14.5. The van der Waals surface area contributed by atoms with Crippen molar-refractivity contribution < 1.29 is 9.59 Å². The van der Waals surface area contributed by atoms with Gasteiger partial charge in [-0.1, -0.05) is 18.2 Å². The van der Waals surface area contributed by atoms with Gasteiger partial charge in [-0.05, 0) is 49.2 Å². The number of nitrogens with one attached hydrogen (secondary N) is 2. The highest BCUT2D eigenvalue weighted by atomic mass is 16.2. The predicted molar refractivity (Wildman–Crippen MR) is 98.6 cm³/mol. The van der Waals surface area contributed by atoms with Gasteiger partial charge in [0.05, 0.1) is 0 Å². The Labute approximate surface area is 142 Å². The number of anilines is 3. The molecule has 0 radical (unpaired) electrons. The van der Waals surface area contributed by atoms with Crippen molar-refractivity contribution in [2.45, 2.75) is 20.3 Å². The van der Waals surface area contributed by atoms with Gasteiger partial charge in [0.25, 0.3) is 0 Å². The number of amides is 2. The molecular weight excluding hydrogens is 302 g/mol. The summed E-state index contributed by atoms with van der Waals surface area (Å²) in [4.78, 5) is 26.1. The summed E-state index contributed by atoms with van der Waals surface area (Å²) in [5, 5.41) is 5.55. The van der Waals surface area contributed by atoms with E-state index >= 15 is 0 Å². The standard InChI is InChI=1S/C19H23N3O2/c1-13-6-5-7-14(2)19(13)21-18(24)12-17(23)20-15-8-10-16(11-9-15)22(3)4/h5-11H,12H2,1-4H3,(H,20,23)(H,21,24). The average Bonchev–Trinajstić information content (AvgIpc) is 2.51. The van der Waals surface area contributed by atoms with E-state index in [0.29, 0.717) is 5.69 Å². The van der Waals surface area contributed by atoms with Crippen LogP contribution < -0.4 is 15.5 Å². The van der Waals surface area contributed by atoms with Crippen LogP contribution in [0.25, 0.3) is 0 Å². The first-order valence-corrected chi connectivity index (χ1v) is 7.80. The Bertz CT molecular complexity index is 717. The minimum Gasteiger partial charge on any atom is -0.378 e. The molecule has 2 aromatic carbocycles. The van der Waals surface area contributed by atoms with Crippen LogP contribution in [0.5, 0.6) is 0 Å². The summed E-state index contributed by atoms with van der Waals surface area (Å²) < 4.78 is 0. The highest BCUT2D eigenvalue weighted by molar-refractivity contribution is 6.08. The lowest BCUT2D eigenvalue weighted by Gasteiger charge is -2.13. The molecule has 126 valence electrons. The van der Waals surface area contributed by atoms with E-state index in [9.17, 15) is 9.59 Å². The lowest BCUT2D eigenvalue weighted by atomic mass is 10.1. The van der Waals surface area contributed by atoms with E-state index in [4.69, 9.17) is 0 Å². The molecule has 0 aliphatic carbocycles. The van der Waals surface area contributed by atoms with Gasteiger partial charge in [0.1, 0.15) is 6.42 Å². The SMILES string of the molecule is Cc1cccc(C)c1NC(=O)CC(=O)Nc1ccc(N(C)C)cc1. The fourth-order valence-electron chi connectivity index (χ4n) is 2.39. The molecule has 0 atom stereocenters. The molecule has 2 N–H and O–H groups in total. The van der Waals surface area contributed by atoms with Crippen molar-refractivity contribution in [3.8, 4) is 0 Å². The van der Waals surface area contributed by atoms with Gasteiger partial charge in [0.15, 0.2) is 0 Å². The summed E-state index contributed by atoms with van der Waals surface area (Å²) in [5.41, 5.74) is 4.43. The fraction of sp³-hybridized carbons (Fsp3) is 0.263. The fourth-order valence-corrected chi connectivity index (χ4v) is 2.39. The molecule has 0 saturated carbocycles. The summed E-state index contributed by atoms with van der Waals surface area (Å²) in [6.07, 6.45) is -0.219. The van der Waals surface area contributed by atoms with E-state index in [-0.39, 0.29) is 18.2 Å². The predicted octanol–water partition coefficient (Wildman–Crippen LogP) is 3.34. The molecule has 0 unspecified atom stereocenters. The van der Waals surface area contributed by atoms with Crippen molar-refractivity contribution in [2.75, 3.05) is 29.6 Å². The maximum atomic E-state index is 12.1. The zero-order chi connectivity index (χ0) is 17.7. The number of hydrogen-bond acceptors (Lipinski definition) is 3. The van der Waals surface area contributed by atoms with Crippen molar-refractivity contribution in [3.63, 3.8) is 0 Å². The van der Waals surface area contributed by atoms with E-state index in [0.717, 1.165) is 22.5 Å². The molecule has 2 rings (SSSR count). The smallest absolute Gasteiger partial charge is 0.233 e. The van der Waals surface area contributed by atoms with Crippen molar-refractivity contribution >= 4 is 28.9 Å². The topological polar surface area (TPSA) is 61.4 Å². The zero-order valence-corrected chi connectivity index (χ0v) is 14.5. The van der Waals surface area contributed by atoms with Gasteiger partial charge in [-0.2, -0.15) is 0 Å². The molecule has 0 aromatic heterocycles. The quantitative estimate of drug-likeness (QED) is 0.829. The number of nitrogens with zero attached hydrogens (tertiary/aromatic N) is 1. The highest BCUT2D eigenvalue weighted by Crippen LogP contribution is 2.20. The maximum absolute atomic E-state index is 12.1. The van der Waals surface area contributed by atoms with E-state index in [1.165, 1.54) is 0 Å². The van der Waals surface area contributed by atoms with Gasteiger partial charge in [0.2, 0.25) is 11.8 Å². The second-order valence-electron chi connectivity index (χ2n) is 5.98. The number of aryl methyl sites for hydroxylation is 2. The van der Waals surface area contributed by atoms with Gasteiger partial charge in [-0.3, -0.25) is 9.59 Å². The minimum atomic E-state index is -0.337. The normalized spacial score (nSPS) is 10.2. The third-order valence-corrected chi connectivity index (χ3v) is 3.73. The van der Waals surface area contributed by atoms with Crippen molar-refractivity contribution in [1.82, 2.24) is 0 Å². The van der Waals surface area contributed by atoms with Crippen LogP contribution in [0.15, 0.2) is 42.5 Å². The third kappa shape index (κ3) is 4.59. The van der Waals surface area contributed by atoms with Gasteiger partial charge in [-0.15, -0.1) is 0 Å². The molecule has 2 aromatic rings. The monoisotopic (exact) mass is 325 g/mol. The molecule has 0 aliphatic heterocycles. The Morgan fingerprint density at radius 1 is 0.875 bits per heavy atom. The van der Waals surface area contributed by atoms with E-state index in [1.54, 1.807) is 0 Å². The second-order valence-corrected chi connectivity index (χ2v) is 5.98. The largest absolute Gasteiger partial charge is 0.378 e. The second kappa shape index (κ2) is 7.64. The van der Waals surface area contributed by atoms with Crippen LogP contribution in [0.1, 0.15) is 17.5 Å². The van der Waals surface area contributed by atoms with Crippen LogP contribution in [-0.4, -0.2) is 25.9 Å². The van der Waals surface area contributed by atoms with Crippen LogP contribution in [-0.2, 0) is 9.59 Å². The maximum Gasteiger partial charge on any atom is 0.233 e. The van der Waals surface area contributed by atoms with Crippen molar-refractivity contribution in [1.29, 1.82) is 0 Å². The Morgan fingerprint density at radius 3 is 1.96 bits per heavy atom. The number of rotatable bonds is 5. The van der Waals surface area contributed by atoms with E-state index < -0.39 is 0 Å². The van der Waals surface area contributed by atoms with Crippen LogP contribution >= 0.6 is 0 Å². The molecule has 0 aliphatic rings. The van der Waals surface area contributed by atoms with Gasteiger partial charge in [-0.25, -0.2) is 0 Å². The third-order valence-electron chi connectivity index (χ3n) is 3.73. The number of para-hydroxylation sites is 1. The molecule has 0 saturated heterocycles. The average molecular weight is 325 g/mol. The first-order valence-electron chi connectivity index (χ1n) is 7.80. The summed E-state index contributed by atoms with van der Waals surface area (Å²) in [6.45, 7) is 3.85. The summed E-state index contributed by atoms with van der Waals surface area (Å²) in [7, 11) is 3.90.